The normalized spacial score (nSPS) is 9.71. The Hall–Kier alpha value is -1.30. The summed E-state index contributed by atoms with van der Waals surface area (Å²) in [4.78, 5) is 10.2. The Morgan fingerprint density at radius 1 is 1.29 bits per heavy atom. The van der Waals surface area contributed by atoms with E-state index >= 15 is 0 Å². The zero-order valence-corrected chi connectivity index (χ0v) is 8.21. The molecule has 0 radical (unpaired) electrons. The Bertz CT molecular complexity index is 164. The van der Waals surface area contributed by atoms with Crippen molar-refractivity contribution in [2.45, 2.75) is 19.3 Å². The van der Waals surface area contributed by atoms with Crippen LogP contribution in [0.15, 0.2) is 0 Å². The minimum Gasteiger partial charge on any atom is -0.388 e. The van der Waals surface area contributed by atoms with Gasteiger partial charge >= 0.3 is 6.03 Å². The largest absolute Gasteiger partial charge is 0.388 e. The van der Waals surface area contributed by atoms with E-state index in [1.54, 1.807) is 0 Å². The number of hydrogen-bond donors (Lipinski definition) is 4. The molecule has 0 saturated heterocycles. The van der Waals surface area contributed by atoms with Crippen LogP contribution >= 0.6 is 0 Å². The maximum Gasteiger partial charge on any atom is 0.312 e. The lowest BCUT2D eigenvalue weighted by Crippen LogP contribution is -2.32. The van der Waals surface area contributed by atoms with Crippen LogP contribution in [-0.4, -0.2) is 31.6 Å². The van der Waals surface area contributed by atoms with Gasteiger partial charge in [-0.15, -0.1) is 0 Å². The zero-order valence-electron chi connectivity index (χ0n) is 8.21. The molecule has 0 saturated carbocycles. The van der Waals surface area contributed by atoms with Gasteiger partial charge in [0.05, 0.1) is 12.4 Å². The summed E-state index contributed by atoms with van der Waals surface area (Å²) in [5.74, 6) is 0.209. The van der Waals surface area contributed by atoms with Crippen molar-refractivity contribution in [2.75, 3.05) is 19.8 Å². The average Bonchev–Trinajstić information content (AvgIpc) is 2.08. The van der Waals surface area contributed by atoms with E-state index in [-0.39, 0.29) is 5.84 Å². The van der Waals surface area contributed by atoms with Crippen LogP contribution in [0.2, 0.25) is 0 Å². The first-order valence-corrected chi connectivity index (χ1v) is 4.57. The predicted octanol–water partition coefficient (Wildman–Crippen LogP) is -0.222. The Morgan fingerprint density at radius 3 is 2.57 bits per heavy atom. The molecule has 6 N–H and O–H groups in total. The Labute approximate surface area is 83.5 Å². The molecule has 0 bridgehead atoms. The number of nitrogens with one attached hydrogen (secondary N) is 2. The molecule has 0 aromatic heterocycles. The van der Waals surface area contributed by atoms with Crippen LogP contribution in [0.1, 0.15) is 19.3 Å². The summed E-state index contributed by atoms with van der Waals surface area (Å²) in [6, 6.07) is -0.537. The summed E-state index contributed by atoms with van der Waals surface area (Å²) >= 11 is 0. The molecule has 2 amide bonds. The summed E-state index contributed by atoms with van der Waals surface area (Å²) < 4.78 is 5.18. The molecule has 0 atom stereocenters. The molecule has 0 rings (SSSR count). The molecule has 0 aliphatic rings. The zero-order chi connectivity index (χ0) is 10.8. The van der Waals surface area contributed by atoms with Crippen LogP contribution in [-0.2, 0) is 4.74 Å². The van der Waals surface area contributed by atoms with Crippen molar-refractivity contribution in [1.29, 1.82) is 5.41 Å². The lowest BCUT2D eigenvalue weighted by atomic mass is 10.2. The topological polar surface area (TPSA) is 114 Å². The van der Waals surface area contributed by atoms with Crippen LogP contribution in [0.4, 0.5) is 4.79 Å². The van der Waals surface area contributed by atoms with Crippen molar-refractivity contribution in [2.24, 2.45) is 11.5 Å². The number of amidine groups is 1. The number of nitrogens with two attached hydrogens (primary N) is 2. The van der Waals surface area contributed by atoms with E-state index in [1.807, 2.05) is 0 Å². The van der Waals surface area contributed by atoms with Gasteiger partial charge in [-0.05, 0) is 12.8 Å². The monoisotopic (exact) mass is 202 g/mol. The van der Waals surface area contributed by atoms with Crippen molar-refractivity contribution < 1.29 is 9.53 Å². The van der Waals surface area contributed by atoms with Gasteiger partial charge in [0.2, 0.25) is 0 Å². The Balaban J connectivity index is 2.99. The third-order valence-electron chi connectivity index (χ3n) is 1.53. The van der Waals surface area contributed by atoms with E-state index in [0.717, 1.165) is 12.8 Å². The number of unbranched alkanes of at least 4 members (excludes halogenated alkanes) is 1. The fourth-order valence-corrected chi connectivity index (χ4v) is 0.868. The fourth-order valence-electron chi connectivity index (χ4n) is 0.868. The number of carbonyl (C=O) groups excluding carboxylic acids is 1. The summed E-state index contributed by atoms with van der Waals surface area (Å²) in [5.41, 5.74) is 10.0. The van der Waals surface area contributed by atoms with Gasteiger partial charge in [-0.2, -0.15) is 0 Å². The van der Waals surface area contributed by atoms with Gasteiger partial charge < -0.3 is 21.5 Å². The molecule has 0 aliphatic heterocycles. The molecular weight excluding hydrogens is 184 g/mol. The predicted molar refractivity (Wildman–Crippen MR) is 54.2 cm³/mol. The highest BCUT2D eigenvalue weighted by Crippen LogP contribution is 1.94. The molecule has 0 heterocycles. The first-order valence-electron chi connectivity index (χ1n) is 4.57. The fraction of sp³-hybridized carbons (Fsp3) is 0.750. The van der Waals surface area contributed by atoms with Gasteiger partial charge in [-0.3, -0.25) is 5.41 Å². The van der Waals surface area contributed by atoms with Crippen molar-refractivity contribution in [1.82, 2.24) is 5.32 Å². The second kappa shape index (κ2) is 8.31. The Kier molecular flexibility index (Phi) is 7.53. The van der Waals surface area contributed by atoms with Gasteiger partial charge in [0.25, 0.3) is 0 Å². The standard InChI is InChI=1S/C8H18N4O2/c9-7(10)3-1-2-5-14-6-4-12-8(11)13/h1-6H2,(H3,9,10)(H3,11,12,13). The van der Waals surface area contributed by atoms with E-state index < -0.39 is 6.03 Å². The summed E-state index contributed by atoms with van der Waals surface area (Å²) in [7, 11) is 0. The molecule has 6 heteroatoms. The highest BCUT2D eigenvalue weighted by molar-refractivity contribution is 5.76. The summed E-state index contributed by atoms with van der Waals surface area (Å²) in [5, 5.41) is 9.38. The molecular formula is C8H18N4O2. The number of rotatable bonds is 8. The first-order chi connectivity index (χ1) is 6.63. The first kappa shape index (κ1) is 12.7. The van der Waals surface area contributed by atoms with Crippen LogP contribution in [0.3, 0.4) is 0 Å². The number of amides is 2. The van der Waals surface area contributed by atoms with Gasteiger partial charge in [-0.1, -0.05) is 0 Å². The molecule has 82 valence electrons. The number of hydrogen-bond acceptors (Lipinski definition) is 3. The summed E-state index contributed by atoms with van der Waals surface area (Å²) in [6.07, 6.45) is 2.34. The Morgan fingerprint density at radius 2 is 2.00 bits per heavy atom. The maximum absolute atomic E-state index is 10.2. The van der Waals surface area contributed by atoms with E-state index in [9.17, 15) is 4.79 Å². The molecule has 0 aromatic carbocycles. The van der Waals surface area contributed by atoms with Crippen LogP contribution < -0.4 is 16.8 Å². The van der Waals surface area contributed by atoms with Gasteiger partial charge in [-0.25, -0.2) is 4.79 Å². The SMILES string of the molecule is N=C(N)CCCCOCCNC(N)=O. The quantitative estimate of drug-likeness (QED) is 0.248. The molecule has 0 spiro atoms. The molecule has 0 aliphatic carbocycles. The third kappa shape index (κ3) is 10.7. The van der Waals surface area contributed by atoms with Crippen LogP contribution in [0.5, 0.6) is 0 Å². The minimum absolute atomic E-state index is 0.209. The molecule has 0 aromatic rings. The van der Waals surface area contributed by atoms with Crippen molar-refractivity contribution in [3.63, 3.8) is 0 Å². The second-order valence-electron chi connectivity index (χ2n) is 2.89. The van der Waals surface area contributed by atoms with Gasteiger partial charge in [0.15, 0.2) is 0 Å². The molecule has 0 fully saturated rings. The third-order valence-corrected chi connectivity index (χ3v) is 1.53. The second-order valence-corrected chi connectivity index (χ2v) is 2.89. The van der Waals surface area contributed by atoms with Gasteiger partial charge in [0, 0.05) is 19.6 Å². The van der Waals surface area contributed by atoms with E-state index in [4.69, 9.17) is 21.6 Å². The number of carbonyl (C=O) groups is 1. The number of ether oxygens (including phenoxy) is 1. The lowest BCUT2D eigenvalue weighted by molar-refractivity contribution is 0.133. The van der Waals surface area contributed by atoms with E-state index in [0.29, 0.717) is 26.2 Å². The van der Waals surface area contributed by atoms with Gasteiger partial charge in [0.1, 0.15) is 0 Å². The molecule has 0 unspecified atom stereocenters. The smallest absolute Gasteiger partial charge is 0.312 e. The van der Waals surface area contributed by atoms with Crippen LogP contribution in [0, 0.1) is 5.41 Å². The van der Waals surface area contributed by atoms with Crippen molar-refractivity contribution in [3.05, 3.63) is 0 Å². The van der Waals surface area contributed by atoms with E-state index in [2.05, 4.69) is 5.32 Å². The van der Waals surface area contributed by atoms with Crippen molar-refractivity contribution in [3.8, 4) is 0 Å². The minimum atomic E-state index is -0.537. The molecule has 14 heavy (non-hydrogen) atoms. The maximum atomic E-state index is 10.2. The average molecular weight is 202 g/mol. The molecule has 6 nitrogen and oxygen atoms in total. The van der Waals surface area contributed by atoms with Crippen molar-refractivity contribution >= 4 is 11.9 Å². The summed E-state index contributed by atoms with van der Waals surface area (Å²) in [6.45, 7) is 1.51. The number of primary amides is 1. The highest BCUT2D eigenvalue weighted by Gasteiger charge is 1.93. The van der Waals surface area contributed by atoms with Crippen LogP contribution in [0.25, 0.3) is 0 Å². The highest BCUT2D eigenvalue weighted by atomic mass is 16.5. The lowest BCUT2D eigenvalue weighted by Gasteiger charge is -2.04. The van der Waals surface area contributed by atoms with E-state index in [1.165, 1.54) is 0 Å². The number of urea groups is 1.